The third kappa shape index (κ3) is 6.94. The van der Waals surface area contributed by atoms with Gasteiger partial charge in [0.05, 0.1) is 0 Å². The standard InChI is InChI=1S/C14H29N/c1-2-12-15-13-8-4-7-11-14-9-5-3-6-10-14/h14-15H,2-13H2,1H3. The van der Waals surface area contributed by atoms with Crippen LogP contribution in [-0.4, -0.2) is 13.1 Å². The van der Waals surface area contributed by atoms with Gasteiger partial charge in [0.25, 0.3) is 0 Å². The zero-order chi connectivity index (χ0) is 10.8. The molecular formula is C14H29N. The van der Waals surface area contributed by atoms with Crippen LogP contribution in [0, 0.1) is 5.92 Å². The van der Waals surface area contributed by atoms with E-state index in [9.17, 15) is 0 Å². The normalized spacial score (nSPS) is 18.2. The van der Waals surface area contributed by atoms with Crippen LogP contribution in [0.2, 0.25) is 0 Å². The van der Waals surface area contributed by atoms with Crippen LogP contribution in [-0.2, 0) is 0 Å². The van der Waals surface area contributed by atoms with Crippen LogP contribution in [0.3, 0.4) is 0 Å². The number of hydrogen-bond acceptors (Lipinski definition) is 1. The van der Waals surface area contributed by atoms with Crippen molar-refractivity contribution in [3.63, 3.8) is 0 Å². The molecule has 0 aromatic heterocycles. The zero-order valence-electron chi connectivity index (χ0n) is 10.6. The largest absolute Gasteiger partial charge is 0.317 e. The minimum absolute atomic E-state index is 1.09. The van der Waals surface area contributed by atoms with Crippen LogP contribution < -0.4 is 5.32 Å². The van der Waals surface area contributed by atoms with Crippen molar-refractivity contribution in [1.29, 1.82) is 0 Å². The molecule has 0 aromatic carbocycles. The maximum atomic E-state index is 3.47. The van der Waals surface area contributed by atoms with Crippen LogP contribution in [0.1, 0.15) is 71.1 Å². The van der Waals surface area contributed by atoms with Crippen molar-refractivity contribution < 1.29 is 0 Å². The van der Waals surface area contributed by atoms with E-state index in [2.05, 4.69) is 12.2 Å². The molecule has 0 saturated heterocycles. The molecule has 90 valence electrons. The van der Waals surface area contributed by atoms with Gasteiger partial charge in [-0.2, -0.15) is 0 Å². The van der Waals surface area contributed by atoms with Crippen molar-refractivity contribution in [2.24, 2.45) is 5.92 Å². The Labute approximate surface area is 96.0 Å². The highest BCUT2D eigenvalue weighted by Gasteiger charge is 2.12. The lowest BCUT2D eigenvalue weighted by Crippen LogP contribution is -2.15. The van der Waals surface area contributed by atoms with Gasteiger partial charge >= 0.3 is 0 Å². The smallest absolute Gasteiger partial charge is 0.00489 e. The van der Waals surface area contributed by atoms with Crippen molar-refractivity contribution >= 4 is 0 Å². The van der Waals surface area contributed by atoms with E-state index in [-0.39, 0.29) is 0 Å². The van der Waals surface area contributed by atoms with Crippen molar-refractivity contribution in [2.45, 2.75) is 71.1 Å². The van der Waals surface area contributed by atoms with Gasteiger partial charge in [-0.15, -0.1) is 0 Å². The van der Waals surface area contributed by atoms with E-state index in [1.807, 2.05) is 0 Å². The fourth-order valence-corrected chi connectivity index (χ4v) is 2.64. The minimum atomic E-state index is 1.09. The lowest BCUT2D eigenvalue weighted by atomic mass is 9.86. The highest BCUT2D eigenvalue weighted by atomic mass is 14.8. The van der Waals surface area contributed by atoms with Gasteiger partial charge in [-0.25, -0.2) is 0 Å². The SMILES string of the molecule is CCCNCCCCCC1CCCCC1. The highest BCUT2D eigenvalue weighted by Crippen LogP contribution is 2.27. The highest BCUT2D eigenvalue weighted by molar-refractivity contribution is 4.65. The summed E-state index contributed by atoms with van der Waals surface area (Å²) in [5, 5.41) is 3.47. The molecule has 1 N–H and O–H groups in total. The lowest BCUT2D eigenvalue weighted by Gasteiger charge is -2.21. The Hall–Kier alpha value is -0.0400. The predicted octanol–water partition coefficient (Wildman–Crippen LogP) is 4.13. The van der Waals surface area contributed by atoms with Gasteiger partial charge < -0.3 is 5.32 Å². The summed E-state index contributed by atoms with van der Waals surface area (Å²) in [4.78, 5) is 0. The second kappa shape index (κ2) is 9.21. The number of rotatable bonds is 8. The van der Waals surface area contributed by atoms with Gasteiger partial charge in [-0.05, 0) is 31.8 Å². The molecule has 1 nitrogen and oxygen atoms in total. The van der Waals surface area contributed by atoms with E-state index < -0.39 is 0 Å². The Morgan fingerprint density at radius 2 is 1.73 bits per heavy atom. The molecule has 0 unspecified atom stereocenters. The maximum Gasteiger partial charge on any atom is -0.00489 e. The van der Waals surface area contributed by atoms with Crippen LogP contribution in [0.15, 0.2) is 0 Å². The van der Waals surface area contributed by atoms with Gasteiger partial charge in [0.15, 0.2) is 0 Å². The van der Waals surface area contributed by atoms with E-state index in [4.69, 9.17) is 0 Å². The number of unbranched alkanes of at least 4 members (excludes halogenated alkanes) is 2. The molecule has 1 saturated carbocycles. The van der Waals surface area contributed by atoms with Crippen molar-refractivity contribution in [1.82, 2.24) is 5.32 Å². The second-order valence-electron chi connectivity index (χ2n) is 5.10. The Bertz CT molecular complexity index is 127. The minimum Gasteiger partial charge on any atom is -0.317 e. The summed E-state index contributed by atoms with van der Waals surface area (Å²) >= 11 is 0. The predicted molar refractivity (Wildman–Crippen MR) is 68.2 cm³/mol. The van der Waals surface area contributed by atoms with E-state index in [0.717, 1.165) is 5.92 Å². The van der Waals surface area contributed by atoms with E-state index in [0.29, 0.717) is 0 Å². The fourth-order valence-electron chi connectivity index (χ4n) is 2.64. The summed E-state index contributed by atoms with van der Waals surface area (Å²) in [5.41, 5.74) is 0. The molecule has 0 spiro atoms. The molecule has 0 aromatic rings. The molecule has 1 aliphatic carbocycles. The first-order valence-electron chi connectivity index (χ1n) is 7.14. The molecule has 0 atom stereocenters. The molecule has 1 rings (SSSR count). The Morgan fingerprint density at radius 1 is 0.933 bits per heavy atom. The number of nitrogens with one attached hydrogen (secondary N) is 1. The Kier molecular flexibility index (Phi) is 7.99. The molecule has 0 aliphatic heterocycles. The van der Waals surface area contributed by atoms with Gasteiger partial charge in [-0.3, -0.25) is 0 Å². The summed E-state index contributed by atoms with van der Waals surface area (Å²) in [7, 11) is 0. The molecule has 0 heterocycles. The average molecular weight is 211 g/mol. The van der Waals surface area contributed by atoms with Crippen molar-refractivity contribution in [2.75, 3.05) is 13.1 Å². The van der Waals surface area contributed by atoms with Gasteiger partial charge in [0.1, 0.15) is 0 Å². The summed E-state index contributed by atoms with van der Waals surface area (Å²) in [6, 6.07) is 0. The van der Waals surface area contributed by atoms with Crippen LogP contribution >= 0.6 is 0 Å². The third-order valence-electron chi connectivity index (χ3n) is 3.62. The average Bonchev–Trinajstić information content (AvgIpc) is 2.29. The quantitative estimate of drug-likeness (QED) is 0.595. The third-order valence-corrected chi connectivity index (χ3v) is 3.62. The molecule has 1 heteroatoms. The summed E-state index contributed by atoms with van der Waals surface area (Å²) < 4.78 is 0. The molecule has 0 bridgehead atoms. The van der Waals surface area contributed by atoms with Gasteiger partial charge in [-0.1, -0.05) is 58.3 Å². The summed E-state index contributed by atoms with van der Waals surface area (Å²) in [6.45, 7) is 4.66. The number of hydrogen-bond donors (Lipinski definition) is 1. The van der Waals surface area contributed by atoms with Crippen molar-refractivity contribution in [3.05, 3.63) is 0 Å². The van der Waals surface area contributed by atoms with Gasteiger partial charge in [0.2, 0.25) is 0 Å². The zero-order valence-corrected chi connectivity index (χ0v) is 10.6. The first-order valence-corrected chi connectivity index (χ1v) is 7.14. The molecule has 15 heavy (non-hydrogen) atoms. The molecule has 0 radical (unpaired) electrons. The van der Waals surface area contributed by atoms with Crippen LogP contribution in [0.25, 0.3) is 0 Å². The lowest BCUT2D eigenvalue weighted by molar-refractivity contribution is 0.328. The molecule has 1 aliphatic rings. The molecule has 1 fully saturated rings. The van der Waals surface area contributed by atoms with Gasteiger partial charge in [0, 0.05) is 0 Å². The van der Waals surface area contributed by atoms with Crippen molar-refractivity contribution in [3.8, 4) is 0 Å². The first kappa shape index (κ1) is 13.0. The Morgan fingerprint density at radius 3 is 2.47 bits per heavy atom. The molecule has 0 amide bonds. The second-order valence-corrected chi connectivity index (χ2v) is 5.10. The summed E-state index contributed by atoms with van der Waals surface area (Å²) in [6.07, 6.45) is 14.6. The van der Waals surface area contributed by atoms with E-state index >= 15 is 0 Å². The summed E-state index contributed by atoms with van der Waals surface area (Å²) in [5.74, 6) is 1.09. The topological polar surface area (TPSA) is 12.0 Å². The first-order chi connectivity index (χ1) is 7.43. The van der Waals surface area contributed by atoms with Crippen LogP contribution in [0.4, 0.5) is 0 Å². The molecular weight excluding hydrogens is 182 g/mol. The van der Waals surface area contributed by atoms with Crippen LogP contribution in [0.5, 0.6) is 0 Å². The maximum absolute atomic E-state index is 3.47. The van der Waals surface area contributed by atoms with E-state index in [1.54, 1.807) is 0 Å². The monoisotopic (exact) mass is 211 g/mol. The van der Waals surface area contributed by atoms with E-state index in [1.165, 1.54) is 77.3 Å². The Balaban J connectivity index is 1.79. The fraction of sp³-hybridized carbons (Fsp3) is 1.00.